The van der Waals surface area contributed by atoms with Gasteiger partial charge in [-0.05, 0) is 76.1 Å². The van der Waals surface area contributed by atoms with E-state index in [1.54, 1.807) is 0 Å². The highest BCUT2D eigenvalue weighted by molar-refractivity contribution is 5.92. The second-order valence-corrected chi connectivity index (χ2v) is 12.7. The van der Waals surface area contributed by atoms with Crippen LogP contribution in [0.15, 0.2) is 24.3 Å². The Morgan fingerprint density at radius 2 is 1.59 bits per heavy atom. The molecule has 6 rings (SSSR count). The quantitative estimate of drug-likeness (QED) is 0.447. The van der Waals surface area contributed by atoms with Gasteiger partial charge >= 0.3 is 6.03 Å². The number of rotatable bonds is 8. The topological polar surface area (TPSA) is 108 Å². The molecule has 4 fully saturated rings. The number of hydrogen-bond acceptors (Lipinski definition) is 6. The van der Waals surface area contributed by atoms with E-state index in [4.69, 9.17) is 0 Å². The molecule has 0 aromatic heterocycles. The van der Waals surface area contributed by atoms with E-state index in [9.17, 15) is 19.5 Å². The number of urea groups is 1. The third-order valence-corrected chi connectivity index (χ3v) is 9.93. The Morgan fingerprint density at radius 3 is 2.29 bits per heavy atom. The van der Waals surface area contributed by atoms with Crippen LogP contribution in [0, 0.1) is 5.92 Å². The van der Waals surface area contributed by atoms with Gasteiger partial charge in [0.05, 0.1) is 12.5 Å². The van der Waals surface area contributed by atoms with Gasteiger partial charge in [-0.1, -0.05) is 24.6 Å². The molecular formula is C31H46N6O4. The summed E-state index contributed by atoms with van der Waals surface area (Å²) in [5.41, 5.74) is 1.98. The maximum atomic E-state index is 13.5. The van der Waals surface area contributed by atoms with Gasteiger partial charge in [0.2, 0.25) is 11.8 Å². The fourth-order valence-electron chi connectivity index (χ4n) is 7.19. The average molecular weight is 567 g/mol. The molecule has 1 aromatic rings. The number of amides is 4. The third-order valence-electron chi connectivity index (χ3n) is 9.93. The predicted molar refractivity (Wildman–Crippen MR) is 156 cm³/mol. The van der Waals surface area contributed by atoms with Crippen molar-refractivity contribution in [1.82, 2.24) is 24.9 Å². The van der Waals surface area contributed by atoms with E-state index in [0.29, 0.717) is 38.5 Å². The summed E-state index contributed by atoms with van der Waals surface area (Å²) in [6.07, 6.45) is 8.30. The first-order valence-electron chi connectivity index (χ1n) is 15.9. The zero-order chi connectivity index (χ0) is 28.3. The standard InChI is InChI=1S/C31H46N6O4/c38-28(35-16-12-25(13-17-35)37-21-23-6-2-3-7-26(23)33-31(37)41)20-27(32-29(39)22-8-9-22)30(40)36-18-10-24(11-19-36)34-14-4-1-5-15-34/h2-3,6-7,22,24-25,27,30,40H,1,4-5,8-21H2,(H,32,39)(H,33,41)/t27-,30-/m0/s1. The minimum Gasteiger partial charge on any atom is -0.376 e. The molecule has 0 radical (unpaired) electrons. The van der Waals surface area contributed by atoms with E-state index in [1.165, 1.54) is 32.4 Å². The van der Waals surface area contributed by atoms with Crippen molar-refractivity contribution < 1.29 is 19.5 Å². The summed E-state index contributed by atoms with van der Waals surface area (Å²) in [6.45, 7) is 5.61. The molecule has 2 atom stereocenters. The van der Waals surface area contributed by atoms with Gasteiger partial charge in [0, 0.05) is 56.4 Å². The zero-order valence-corrected chi connectivity index (χ0v) is 24.2. The monoisotopic (exact) mass is 566 g/mol. The lowest BCUT2D eigenvalue weighted by molar-refractivity contribution is -0.137. The Hall–Kier alpha value is -2.69. The fraction of sp³-hybridized carbons (Fsp3) is 0.710. The number of aliphatic hydroxyl groups excluding tert-OH is 1. The van der Waals surface area contributed by atoms with Crippen molar-refractivity contribution in [3.8, 4) is 0 Å². The van der Waals surface area contributed by atoms with Crippen LogP contribution >= 0.6 is 0 Å². The summed E-state index contributed by atoms with van der Waals surface area (Å²) in [4.78, 5) is 47.4. The maximum Gasteiger partial charge on any atom is 0.322 e. The first kappa shape index (κ1) is 28.4. The number of carbonyl (C=O) groups excluding carboxylic acids is 3. The fourth-order valence-corrected chi connectivity index (χ4v) is 7.19. The molecule has 41 heavy (non-hydrogen) atoms. The SMILES string of the molecule is O=C(N[C@@H](CC(=O)N1CCC(N2Cc3ccccc3NC2=O)CC1)[C@H](O)N1CCC(N2CCCCC2)CC1)C1CC1. The van der Waals surface area contributed by atoms with E-state index >= 15 is 0 Å². The Bertz CT molecular complexity index is 1090. The Labute approximate surface area is 243 Å². The van der Waals surface area contributed by atoms with Crippen molar-refractivity contribution in [2.24, 2.45) is 5.92 Å². The Morgan fingerprint density at radius 1 is 0.902 bits per heavy atom. The van der Waals surface area contributed by atoms with E-state index in [-0.39, 0.29) is 36.2 Å². The van der Waals surface area contributed by atoms with Gasteiger partial charge < -0.3 is 30.4 Å². The first-order valence-corrected chi connectivity index (χ1v) is 15.9. The van der Waals surface area contributed by atoms with E-state index in [0.717, 1.165) is 50.0 Å². The summed E-state index contributed by atoms with van der Waals surface area (Å²) < 4.78 is 0. The second kappa shape index (κ2) is 12.7. The van der Waals surface area contributed by atoms with Crippen LogP contribution in [0.5, 0.6) is 0 Å². The number of carbonyl (C=O) groups is 3. The van der Waals surface area contributed by atoms with Crippen molar-refractivity contribution in [1.29, 1.82) is 0 Å². The number of nitrogens with one attached hydrogen (secondary N) is 2. The Kier molecular flexibility index (Phi) is 8.79. The normalized spacial score (nSPS) is 24.9. The van der Waals surface area contributed by atoms with Gasteiger partial charge in [0.15, 0.2) is 0 Å². The van der Waals surface area contributed by atoms with Crippen LogP contribution in [0.4, 0.5) is 10.5 Å². The molecule has 3 saturated heterocycles. The highest BCUT2D eigenvalue weighted by Gasteiger charge is 2.38. The average Bonchev–Trinajstić information content (AvgIpc) is 3.87. The van der Waals surface area contributed by atoms with Crippen LogP contribution in [-0.2, 0) is 16.1 Å². The van der Waals surface area contributed by atoms with Crippen molar-refractivity contribution in [3.63, 3.8) is 0 Å². The van der Waals surface area contributed by atoms with Crippen molar-refractivity contribution >= 4 is 23.5 Å². The molecule has 3 N–H and O–H groups in total. The zero-order valence-electron chi connectivity index (χ0n) is 24.2. The lowest BCUT2D eigenvalue weighted by Gasteiger charge is -2.43. The molecular weight excluding hydrogens is 520 g/mol. The predicted octanol–water partition coefficient (Wildman–Crippen LogP) is 2.58. The molecule has 4 aliphatic heterocycles. The molecule has 1 aliphatic carbocycles. The molecule has 4 amide bonds. The van der Waals surface area contributed by atoms with E-state index in [2.05, 4.69) is 20.4 Å². The smallest absolute Gasteiger partial charge is 0.322 e. The number of anilines is 1. The molecule has 4 heterocycles. The number of para-hydroxylation sites is 1. The van der Waals surface area contributed by atoms with Crippen molar-refractivity contribution in [2.45, 2.75) is 95.1 Å². The molecule has 10 nitrogen and oxygen atoms in total. The summed E-state index contributed by atoms with van der Waals surface area (Å²) in [7, 11) is 0. The van der Waals surface area contributed by atoms with Crippen LogP contribution in [0.25, 0.3) is 0 Å². The number of aliphatic hydroxyl groups is 1. The van der Waals surface area contributed by atoms with Crippen LogP contribution in [-0.4, -0.2) is 106 Å². The number of benzene rings is 1. The lowest BCUT2D eigenvalue weighted by Crippen LogP contribution is -2.57. The van der Waals surface area contributed by atoms with E-state index < -0.39 is 12.3 Å². The largest absolute Gasteiger partial charge is 0.376 e. The summed E-state index contributed by atoms with van der Waals surface area (Å²) in [5, 5.41) is 17.5. The van der Waals surface area contributed by atoms with Gasteiger partial charge in [-0.2, -0.15) is 0 Å². The van der Waals surface area contributed by atoms with Crippen LogP contribution in [0.3, 0.4) is 0 Å². The lowest BCUT2D eigenvalue weighted by atomic mass is 9.98. The number of hydrogen-bond donors (Lipinski definition) is 3. The second-order valence-electron chi connectivity index (χ2n) is 12.7. The molecule has 10 heteroatoms. The number of piperidine rings is 3. The van der Waals surface area contributed by atoms with Gasteiger partial charge in [-0.15, -0.1) is 0 Å². The summed E-state index contributed by atoms with van der Waals surface area (Å²) in [6, 6.07) is 7.81. The van der Waals surface area contributed by atoms with Gasteiger partial charge in [0.25, 0.3) is 0 Å². The molecule has 224 valence electrons. The molecule has 0 unspecified atom stereocenters. The van der Waals surface area contributed by atoms with Gasteiger partial charge in [-0.3, -0.25) is 14.5 Å². The molecule has 1 aromatic carbocycles. The molecule has 0 bridgehead atoms. The first-order chi connectivity index (χ1) is 20.0. The number of nitrogens with zero attached hydrogens (tertiary/aromatic N) is 4. The molecule has 5 aliphatic rings. The number of likely N-dealkylation sites (tertiary alicyclic amines) is 3. The number of fused-ring (bicyclic) bond motifs is 1. The van der Waals surface area contributed by atoms with Crippen LogP contribution in [0.2, 0.25) is 0 Å². The van der Waals surface area contributed by atoms with Crippen molar-refractivity contribution in [2.75, 3.05) is 44.6 Å². The molecule has 1 saturated carbocycles. The Balaban J connectivity index is 1.03. The van der Waals surface area contributed by atoms with Crippen LogP contribution < -0.4 is 10.6 Å². The summed E-state index contributed by atoms with van der Waals surface area (Å²) in [5.74, 6) is -0.0680. The highest BCUT2D eigenvalue weighted by Crippen LogP contribution is 2.30. The van der Waals surface area contributed by atoms with Crippen LogP contribution in [0.1, 0.15) is 69.8 Å². The van der Waals surface area contributed by atoms with Gasteiger partial charge in [-0.25, -0.2) is 4.79 Å². The summed E-state index contributed by atoms with van der Waals surface area (Å²) >= 11 is 0. The van der Waals surface area contributed by atoms with E-state index in [1.807, 2.05) is 34.1 Å². The maximum absolute atomic E-state index is 13.5. The third kappa shape index (κ3) is 6.70. The van der Waals surface area contributed by atoms with Gasteiger partial charge in [0.1, 0.15) is 6.23 Å². The van der Waals surface area contributed by atoms with Crippen molar-refractivity contribution in [3.05, 3.63) is 29.8 Å². The highest BCUT2D eigenvalue weighted by atomic mass is 16.3. The molecule has 0 spiro atoms. The minimum absolute atomic E-state index is 0.0150. The minimum atomic E-state index is -0.876.